The predicted molar refractivity (Wildman–Crippen MR) is 65.1 cm³/mol. The van der Waals surface area contributed by atoms with Gasteiger partial charge in [-0.3, -0.25) is 0 Å². The molecule has 0 aliphatic heterocycles. The van der Waals surface area contributed by atoms with Gasteiger partial charge in [-0.15, -0.1) is 11.8 Å². The Bertz CT molecular complexity index is 508. The standard InChI is InChI=1S/C12H11N3S/c1-2-16-10-5-3-9(4-6-10)11-8-14-12(7-13)15-11/h3-6,8H,2H2,1H3,(H,14,15). The zero-order valence-corrected chi connectivity index (χ0v) is 9.71. The molecule has 4 heteroatoms. The maximum atomic E-state index is 8.66. The lowest BCUT2D eigenvalue weighted by Crippen LogP contribution is -1.79. The van der Waals surface area contributed by atoms with Gasteiger partial charge in [0.15, 0.2) is 0 Å². The molecular weight excluding hydrogens is 218 g/mol. The molecule has 1 aromatic heterocycles. The van der Waals surface area contributed by atoms with Crippen LogP contribution in [0.1, 0.15) is 12.7 Å². The Labute approximate surface area is 98.5 Å². The highest BCUT2D eigenvalue weighted by Gasteiger charge is 2.02. The first-order valence-electron chi connectivity index (χ1n) is 5.02. The van der Waals surface area contributed by atoms with Gasteiger partial charge in [-0.2, -0.15) is 5.26 Å². The largest absolute Gasteiger partial charge is 0.329 e. The number of thioether (sulfide) groups is 1. The molecular formula is C12H11N3S. The summed E-state index contributed by atoms with van der Waals surface area (Å²) in [5, 5.41) is 8.66. The van der Waals surface area contributed by atoms with Gasteiger partial charge in [0, 0.05) is 4.90 Å². The Morgan fingerprint density at radius 3 is 2.69 bits per heavy atom. The molecule has 16 heavy (non-hydrogen) atoms. The van der Waals surface area contributed by atoms with Crippen molar-refractivity contribution in [2.24, 2.45) is 0 Å². The minimum absolute atomic E-state index is 0.349. The van der Waals surface area contributed by atoms with Gasteiger partial charge in [-0.25, -0.2) is 4.98 Å². The molecule has 0 saturated heterocycles. The van der Waals surface area contributed by atoms with Crippen molar-refractivity contribution in [2.75, 3.05) is 5.75 Å². The number of hydrogen-bond acceptors (Lipinski definition) is 3. The summed E-state index contributed by atoms with van der Waals surface area (Å²) in [7, 11) is 0. The maximum Gasteiger partial charge on any atom is 0.210 e. The lowest BCUT2D eigenvalue weighted by molar-refractivity contribution is 1.23. The lowest BCUT2D eigenvalue weighted by atomic mass is 10.2. The van der Waals surface area contributed by atoms with E-state index in [2.05, 4.69) is 29.0 Å². The second kappa shape index (κ2) is 4.86. The first-order valence-corrected chi connectivity index (χ1v) is 6.00. The zero-order valence-electron chi connectivity index (χ0n) is 8.90. The first kappa shape index (κ1) is 10.8. The number of rotatable bonds is 3. The normalized spacial score (nSPS) is 10.0. The smallest absolute Gasteiger partial charge is 0.210 e. The number of aromatic nitrogens is 2. The number of aromatic amines is 1. The quantitative estimate of drug-likeness (QED) is 0.823. The van der Waals surface area contributed by atoms with E-state index in [1.54, 1.807) is 6.20 Å². The third-order valence-corrected chi connectivity index (χ3v) is 3.05. The van der Waals surface area contributed by atoms with E-state index in [9.17, 15) is 0 Å². The van der Waals surface area contributed by atoms with Crippen LogP contribution in [-0.2, 0) is 0 Å². The molecule has 1 N–H and O–H groups in total. The Balaban J connectivity index is 2.24. The molecule has 1 heterocycles. The molecule has 0 spiro atoms. The van der Waals surface area contributed by atoms with E-state index in [0.717, 1.165) is 17.0 Å². The fraction of sp³-hybridized carbons (Fsp3) is 0.167. The van der Waals surface area contributed by atoms with Gasteiger partial charge in [0.25, 0.3) is 0 Å². The summed E-state index contributed by atoms with van der Waals surface area (Å²) >= 11 is 1.81. The number of hydrogen-bond donors (Lipinski definition) is 1. The number of nitrogens with one attached hydrogen (secondary N) is 1. The number of nitriles is 1. The van der Waals surface area contributed by atoms with Gasteiger partial charge in [0.05, 0.1) is 11.9 Å². The number of benzene rings is 1. The van der Waals surface area contributed by atoms with Gasteiger partial charge in [-0.1, -0.05) is 19.1 Å². The van der Waals surface area contributed by atoms with Crippen LogP contribution in [0.15, 0.2) is 35.4 Å². The van der Waals surface area contributed by atoms with Crippen molar-refractivity contribution in [1.82, 2.24) is 9.97 Å². The zero-order chi connectivity index (χ0) is 11.4. The third-order valence-electron chi connectivity index (χ3n) is 2.16. The molecule has 2 rings (SSSR count). The summed E-state index contributed by atoms with van der Waals surface area (Å²) in [6.07, 6.45) is 1.68. The molecule has 0 bridgehead atoms. The minimum Gasteiger partial charge on any atom is -0.329 e. The summed E-state index contributed by atoms with van der Waals surface area (Å²) < 4.78 is 0. The highest BCUT2D eigenvalue weighted by molar-refractivity contribution is 7.99. The fourth-order valence-electron chi connectivity index (χ4n) is 1.42. The summed E-state index contributed by atoms with van der Waals surface area (Å²) in [5.74, 6) is 1.42. The molecule has 0 radical (unpaired) electrons. The third kappa shape index (κ3) is 2.26. The van der Waals surface area contributed by atoms with Gasteiger partial charge < -0.3 is 4.98 Å². The summed E-state index contributed by atoms with van der Waals surface area (Å²) in [6, 6.07) is 10.2. The molecule has 2 aromatic rings. The predicted octanol–water partition coefficient (Wildman–Crippen LogP) is 3.06. The molecule has 0 atom stereocenters. The van der Waals surface area contributed by atoms with E-state index in [0.29, 0.717) is 5.82 Å². The van der Waals surface area contributed by atoms with Gasteiger partial charge in [0.2, 0.25) is 5.82 Å². The van der Waals surface area contributed by atoms with E-state index < -0.39 is 0 Å². The second-order valence-electron chi connectivity index (χ2n) is 3.21. The van der Waals surface area contributed by atoms with Crippen molar-refractivity contribution >= 4 is 11.8 Å². The summed E-state index contributed by atoms with van der Waals surface area (Å²) in [6.45, 7) is 2.13. The van der Waals surface area contributed by atoms with Crippen LogP contribution < -0.4 is 0 Å². The average Bonchev–Trinajstić information content (AvgIpc) is 2.79. The topological polar surface area (TPSA) is 52.5 Å². The number of imidazole rings is 1. The fourth-order valence-corrected chi connectivity index (χ4v) is 2.08. The van der Waals surface area contributed by atoms with Crippen LogP contribution in [0, 0.1) is 11.3 Å². The summed E-state index contributed by atoms with van der Waals surface area (Å²) in [4.78, 5) is 8.16. The average molecular weight is 229 g/mol. The Kier molecular flexibility index (Phi) is 3.28. The molecule has 1 aromatic carbocycles. The van der Waals surface area contributed by atoms with E-state index in [1.165, 1.54) is 4.90 Å². The molecule has 0 aliphatic carbocycles. The van der Waals surface area contributed by atoms with Crippen LogP contribution in [0.4, 0.5) is 0 Å². The monoisotopic (exact) mass is 229 g/mol. The lowest BCUT2D eigenvalue weighted by Gasteiger charge is -2.00. The summed E-state index contributed by atoms with van der Waals surface area (Å²) in [5.41, 5.74) is 1.93. The Morgan fingerprint density at radius 2 is 2.12 bits per heavy atom. The van der Waals surface area contributed by atoms with Crippen LogP contribution in [0.25, 0.3) is 11.3 Å². The second-order valence-corrected chi connectivity index (χ2v) is 4.55. The molecule has 3 nitrogen and oxygen atoms in total. The van der Waals surface area contributed by atoms with E-state index in [1.807, 2.05) is 30.0 Å². The van der Waals surface area contributed by atoms with Crippen molar-refractivity contribution in [1.29, 1.82) is 5.26 Å². The SMILES string of the molecule is CCSc1ccc(-c2cnc(C#N)[nH]2)cc1. The number of H-pyrrole nitrogens is 1. The minimum atomic E-state index is 0.349. The van der Waals surface area contributed by atoms with Crippen molar-refractivity contribution in [2.45, 2.75) is 11.8 Å². The Hall–Kier alpha value is -1.73. The molecule has 0 amide bonds. The van der Waals surface area contributed by atoms with Gasteiger partial charge in [-0.05, 0) is 23.4 Å². The van der Waals surface area contributed by atoms with Crippen LogP contribution >= 0.6 is 11.8 Å². The Morgan fingerprint density at radius 1 is 1.38 bits per heavy atom. The van der Waals surface area contributed by atoms with Crippen LogP contribution in [0.3, 0.4) is 0 Å². The van der Waals surface area contributed by atoms with Crippen molar-refractivity contribution in [3.05, 3.63) is 36.3 Å². The highest BCUT2D eigenvalue weighted by atomic mass is 32.2. The highest BCUT2D eigenvalue weighted by Crippen LogP contribution is 2.22. The van der Waals surface area contributed by atoms with E-state index in [4.69, 9.17) is 5.26 Å². The van der Waals surface area contributed by atoms with Crippen molar-refractivity contribution in [3.8, 4) is 17.3 Å². The molecule has 80 valence electrons. The molecule has 0 unspecified atom stereocenters. The van der Waals surface area contributed by atoms with Crippen molar-refractivity contribution in [3.63, 3.8) is 0 Å². The van der Waals surface area contributed by atoms with Crippen LogP contribution in [-0.4, -0.2) is 15.7 Å². The van der Waals surface area contributed by atoms with Gasteiger partial charge >= 0.3 is 0 Å². The maximum absolute atomic E-state index is 8.66. The first-order chi connectivity index (χ1) is 7.83. The van der Waals surface area contributed by atoms with Crippen LogP contribution in [0.5, 0.6) is 0 Å². The van der Waals surface area contributed by atoms with Crippen LogP contribution in [0.2, 0.25) is 0 Å². The van der Waals surface area contributed by atoms with Gasteiger partial charge in [0.1, 0.15) is 6.07 Å². The number of nitrogens with zero attached hydrogens (tertiary/aromatic N) is 2. The molecule has 0 aliphatic rings. The van der Waals surface area contributed by atoms with E-state index in [-0.39, 0.29) is 0 Å². The molecule has 0 saturated carbocycles. The van der Waals surface area contributed by atoms with Crippen molar-refractivity contribution < 1.29 is 0 Å². The van der Waals surface area contributed by atoms with E-state index >= 15 is 0 Å². The molecule has 0 fully saturated rings.